The number of hydrogen-bond acceptors (Lipinski definition) is 6. The Bertz CT molecular complexity index is 1060. The first-order valence-corrected chi connectivity index (χ1v) is 9.72. The fourth-order valence-electron chi connectivity index (χ4n) is 3.34. The number of aryl methyl sites for hydroxylation is 3. The summed E-state index contributed by atoms with van der Waals surface area (Å²) in [5.74, 6) is 1.98. The molecule has 7 heteroatoms. The Labute approximate surface area is 170 Å². The molecule has 1 aliphatic carbocycles. The molecule has 0 amide bonds. The van der Waals surface area contributed by atoms with Gasteiger partial charge in [-0.2, -0.15) is 0 Å². The van der Waals surface area contributed by atoms with E-state index in [0.717, 1.165) is 23.2 Å². The molecule has 150 valence electrons. The van der Waals surface area contributed by atoms with Crippen LogP contribution in [0, 0.1) is 19.8 Å². The third-order valence-electron chi connectivity index (χ3n) is 5.30. The van der Waals surface area contributed by atoms with Crippen molar-refractivity contribution in [3.63, 3.8) is 0 Å². The zero-order valence-electron chi connectivity index (χ0n) is 17.2. The molecule has 0 aromatic carbocycles. The minimum atomic E-state index is -0.199. The average molecular weight is 391 g/mol. The summed E-state index contributed by atoms with van der Waals surface area (Å²) in [6.07, 6.45) is 4.74. The van der Waals surface area contributed by atoms with Crippen molar-refractivity contribution >= 4 is 11.5 Å². The van der Waals surface area contributed by atoms with E-state index < -0.39 is 0 Å². The van der Waals surface area contributed by atoms with Gasteiger partial charge in [-0.1, -0.05) is 12.1 Å². The van der Waals surface area contributed by atoms with E-state index in [-0.39, 0.29) is 5.56 Å². The number of rotatable bonds is 6. The van der Waals surface area contributed by atoms with Gasteiger partial charge in [0.25, 0.3) is 5.56 Å². The fraction of sp³-hybridized carbons (Fsp3) is 0.364. The molecule has 3 heterocycles. The smallest absolute Gasteiger partial charge is 0.290 e. The molecule has 4 rings (SSSR count). The quantitative estimate of drug-likeness (QED) is 0.643. The van der Waals surface area contributed by atoms with Crippen LogP contribution in [0.25, 0.3) is 0 Å². The van der Waals surface area contributed by atoms with Crippen molar-refractivity contribution in [2.75, 3.05) is 18.6 Å². The third kappa shape index (κ3) is 4.13. The van der Waals surface area contributed by atoms with Gasteiger partial charge in [0.1, 0.15) is 11.5 Å². The van der Waals surface area contributed by atoms with Crippen LogP contribution in [0.1, 0.15) is 29.2 Å². The number of ether oxygens (including phenoxy) is 1. The van der Waals surface area contributed by atoms with Crippen molar-refractivity contribution < 1.29 is 4.74 Å². The van der Waals surface area contributed by atoms with Crippen LogP contribution in [0.15, 0.2) is 47.5 Å². The number of hydrogen-bond donors (Lipinski definition) is 0. The van der Waals surface area contributed by atoms with Crippen molar-refractivity contribution in [3.8, 4) is 5.88 Å². The third-order valence-corrected chi connectivity index (χ3v) is 5.30. The van der Waals surface area contributed by atoms with Crippen molar-refractivity contribution in [3.05, 3.63) is 69.9 Å². The highest BCUT2D eigenvalue weighted by molar-refractivity contribution is 5.58. The number of nitrogens with zero attached hydrogens (tertiary/aromatic N) is 5. The van der Waals surface area contributed by atoms with Crippen LogP contribution in [0.5, 0.6) is 5.88 Å². The first-order chi connectivity index (χ1) is 13.9. The lowest BCUT2D eigenvalue weighted by Crippen LogP contribution is -2.27. The Hall–Kier alpha value is -3.22. The molecule has 29 heavy (non-hydrogen) atoms. The molecule has 0 bridgehead atoms. The van der Waals surface area contributed by atoms with Gasteiger partial charge in [-0.15, -0.1) is 5.10 Å². The summed E-state index contributed by atoms with van der Waals surface area (Å²) >= 11 is 0. The monoisotopic (exact) mass is 391 g/mol. The summed E-state index contributed by atoms with van der Waals surface area (Å²) in [7, 11) is 3.45. The van der Waals surface area contributed by atoms with E-state index >= 15 is 0 Å². The van der Waals surface area contributed by atoms with Crippen LogP contribution in [0.4, 0.5) is 11.5 Å². The average Bonchev–Trinajstić information content (AvgIpc) is 3.49. The predicted octanol–water partition coefficient (Wildman–Crippen LogP) is 3.14. The molecule has 2 atom stereocenters. The van der Waals surface area contributed by atoms with Gasteiger partial charge < -0.3 is 9.64 Å². The second kappa shape index (κ2) is 7.66. The summed E-state index contributed by atoms with van der Waals surface area (Å²) < 4.78 is 7.25. The highest BCUT2D eigenvalue weighted by atomic mass is 16.5. The molecule has 3 aromatic rings. The molecule has 1 fully saturated rings. The maximum Gasteiger partial charge on any atom is 0.290 e. The zero-order chi connectivity index (χ0) is 20.5. The maximum absolute atomic E-state index is 12.6. The Balaban J connectivity index is 1.47. The Morgan fingerprint density at radius 3 is 2.52 bits per heavy atom. The number of aromatic nitrogens is 4. The minimum absolute atomic E-state index is 0.199. The Morgan fingerprint density at radius 1 is 1.14 bits per heavy atom. The van der Waals surface area contributed by atoms with E-state index in [0.29, 0.717) is 35.8 Å². The number of pyridine rings is 2. The van der Waals surface area contributed by atoms with Crippen molar-refractivity contribution in [1.29, 1.82) is 0 Å². The van der Waals surface area contributed by atoms with Crippen LogP contribution >= 0.6 is 0 Å². The standard InChI is InChI=1S/C22H25N5O2/c1-14-5-7-18(23-11-14)17-9-16(17)13-29-21-10-19(22(28)27(4)25-21)26(3)20-8-6-15(2)12-24-20/h5-8,10-12,16-17H,9,13H2,1-4H3/t16-,17+/m1/s1. The lowest BCUT2D eigenvalue weighted by atomic mass is 10.2. The van der Waals surface area contributed by atoms with E-state index in [4.69, 9.17) is 4.74 Å². The molecular formula is C22H25N5O2. The van der Waals surface area contributed by atoms with Crippen LogP contribution in [0.2, 0.25) is 0 Å². The molecule has 0 spiro atoms. The fourth-order valence-corrected chi connectivity index (χ4v) is 3.34. The lowest BCUT2D eigenvalue weighted by Gasteiger charge is -2.19. The second-order valence-electron chi connectivity index (χ2n) is 7.72. The first kappa shape index (κ1) is 19.1. The van der Waals surface area contributed by atoms with Crippen molar-refractivity contribution in [1.82, 2.24) is 19.7 Å². The molecule has 0 unspecified atom stereocenters. The predicted molar refractivity (Wildman–Crippen MR) is 112 cm³/mol. The van der Waals surface area contributed by atoms with Crippen LogP contribution in [0.3, 0.4) is 0 Å². The molecule has 3 aromatic heterocycles. The minimum Gasteiger partial charge on any atom is -0.476 e. The van der Waals surface area contributed by atoms with E-state index in [1.165, 1.54) is 4.68 Å². The molecule has 0 radical (unpaired) electrons. The summed E-state index contributed by atoms with van der Waals surface area (Å²) in [5.41, 5.74) is 3.62. The molecule has 1 aliphatic rings. The van der Waals surface area contributed by atoms with Gasteiger partial charge in [-0.3, -0.25) is 9.78 Å². The Morgan fingerprint density at radius 2 is 1.86 bits per heavy atom. The summed E-state index contributed by atoms with van der Waals surface area (Å²) in [5, 5.41) is 4.25. The molecule has 0 aliphatic heterocycles. The molecule has 0 N–H and O–H groups in total. The van der Waals surface area contributed by atoms with Gasteiger partial charge >= 0.3 is 0 Å². The van der Waals surface area contributed by atoms with Gasteiger partial charge in [0.05, 0.1) is 6.61 Å². The summed E-state index contributed by atoms with van der Waals surface area (Å²) in [6.45, 7) is 4.57. The molecule has 1 saturated carbocycles. The van der Waals surface area contributed by atoms with Crippen molar-refractivity contribution in [2.45, 2.75) is 26.2 Å². The van der Waals surface area contributed by atoms with Gasteiger partial charge in [0.15, 0.2) is 0 Å². The normalized spacial score (nSPS) is 17.8. The van der Waals surface area contributed by atoms with E-state index in [9.17, 15) is 4.79 Å². The van der Waals surface area contributed by atoms with E-state index in [1.807, 2.05) is 39.2 Å². The molecular weight excluding hydrogens is 366 g/mol. The van der Waals surface area contributed by atoms with Gasteiger partial charge in [0, 0.05) is 50.1 Å². The largest absolute Gasteiger partial charge is 0.476 e. The van der Waals surface area contributed by atoms with Crippen LogP contribution in [-0.4, -0.2) is 33.4 Å². The van der Waals surface area contributed by atoms with Crippen molar-refractivity contribution in [2.24, 2.45) is 13.0 Å². The van der Waals surface area contributed by atoms with Gasteiger partial charge in [-0.05, 0) is 43.5 Å². The second-order valence-corrected chi connectivity index (χ2v) is 7.72. The SMILES string of the molecule is Cc1ccc([C@H]2C[C@@H]2COc2cc(N(C)c3ccc(C)cn3)c(=O)n(C)n2)nc1. The highest BCUT2D eigenvalue weighted by Crippen LogP contribution is 2.46. The molecule has 7 nitrogen and oxygen atoms in total. The lowest BCUT2D eigenvalue weighted by molar-refractivity contribution is 0.278. The summed E-state index contributed by atoms with van der Waals surface area (Å²) in [4.78, 5) is 23.3. The number of anilines is 2. The van der Waals surface area contributed by atoms with E-state index in [2.05, 4.69) is 27.2 Å². The topological polar surface area (TPSA) is 73.1 Å². The van der Waals surface area contributed by atoms with Crippen LogP contribution < -0.4 is 15.2 Å². The first-order valence-electron chi connectivity index (χ1n) is 9.72. The van der Waals surface area contributed by atoms with Gasteiger partial charge in [0.2, 0.25) is 5.88 Å². The maximum atomic E-state index is 12.6. The Kier molecular flexibility index (Phi) is 5.05. The van der Waals surface area contributed by atoms with Gasteiger partial charge in [-0.25, -0.2) is 9.67 Å². The highest BCUT2D eigenvalue weighted by Gasteiger charge is 2.40. The zero-order valence-corrected chi connectivity index (χ0v) is 17.2. The van der Waals surface area contributed by atoms with E-state index in [1.54, 1.807) is 24.2 Å². The van der Waals surface area contributed by atoms with Crippen LogP contribution in [-0.2, 0) is 7.05 Å². The molecule has 0 saturated heterocycles. The summed E-state index contributed by atoms with van der Waals surface area (Å²) in [6, 6.07) is 9.72.